The highest BCUT2D eigenvalue weighted by Crippen LogP contribution is 2.26. The summed E-state index contributed by atoms with van der Waals surface area (Å²) in [6, 6.07) is 18.5. The lowest BCUT2D eigenvalue weighted by Crippen LogP contribution is -2.37. The minimum Gasteiger partial charge on any atom is -0.497 e. The summed E-state index contributed by atoms with van der Waals surface area (Å²) >= 11 is 0. The highest BCUT2D eigenvalue weighted by atomic mass is 16.5. The number of carbonyl (C=O) groups excluding carboxylic acids is 1. The second-order valence-corrected chi connectivity index (χ2v) is 6.73. The van der Waals surface area contributed by atoms with Gasteiger partial charge in [-0.15, -0.1) is 0 Å². The van der Waals surface area contributed by atoms with Gasteiger partial charge >= 0.3 is 0 Å². The zero-order chi connectivity index (χ0) is 17.6. The second kappa shape index (κ2) is 8.17. The van der Waals surface area contributed by atoms with E-state index < -0.39 is 0 Å². The van der Waals surface area contributed by atoms with Crippen LogP contribution in [0.1, 0.15) is 23.5 Å². The summed E-state index contributed by atoms with van der Waals surface area (Å²) in [5.41, 5.74) is 2.49. The minimum atomic E-state index is 0.171. The summed E-state index contributed by atoms with van der Waals surface area (Å²) in [7, 11) is 3.53. The van der Waals surface area contributed by atoms with Crippen molar-refractivity contribution in [1.82, 2.24) is 9.80 Å². The third-order valence-electron chi connectivity index (χ3n) is 4.91. The molecular formula is C21H26N2O2. The summed E-state index contributed by atoms with van der Waals surface area (Å²) in [6.07, 6.45) is 1.12. The van der Waals surface area contributed by atoms with Gasteiger partial charge in [0.15, 0.2) is 0 Å². The fourth-order valence-electron chi connectivity index (χ4n) is 3.38. The van der Waals surface area contributed by atoms with Crippen LogP contribution in [0, 0.1) is 0 Å². The van der Waals surface area contributed by atoms with Crippen LogP contribution in [0.2, 0.25) is 0 Å². The van der Waals surface area contributed by atoms with Crippen LogP contribution in [0.3, 0.4) is 0 Å². The Morgan fingerprint density at radius 1 is 1.16 bits per heavy atom. The number of likely N-dealkylation sites (tertiary alicyclic amines) is 1. The molecule has 0 spiro atoms. The molecule has 25 heavy (non-hydrogen) atoms. The zero-order valence-corrected chi connectivity index (χ0v) is 15.0. The van der Waals surface area contributed by atoms with Crippen molar-refractivity contribution >= 4 is 5.91 Å². The molecule has 0 aromatic heterocycles. The molecule has 1 saturated heterocycles. The van der Waals surface area contributed by atoms with E-state index in [1.165, 1.54) is 5.56 Å². The molecule has 0 aliphatic carbocycles. The molecule has 4 nitrogen and oxygen atoms in total. The molecule has 1 heterocycles. The first-order valence-corrected chi connectivity index (χ1v) is 8.80. The maximum absolute atomic E-state index is 12.5. The fourth-order valence-corrected chi connectivity index (χ4v) is 3.38. The SMILES string of the molecule is COc1ccc(CN(C)C(=O)CN2CCC(c3ccccc3)C2)cc1. The molecule has 1 atom stereocenters. The van der Waals surface area contributed by atoms with Crippen molar-refractivity contribution in [2.45, 2.75) is 18.9 Å². The quantitative estimate of drug-likeness (QED) is 0.811. The van der Waals surface area contributed by atoms with E-state index in [0.717, 1.165) is 30.8 Å². The van der Waals surface area contributed by atoms with Gasteiger partial charge in [-0.3, -0.25) is 9.69 Å². The van der Waals surface area contributed by atoms with Gasteiger partial charge in [0, 0.05) is 20.1 Å². The highest BCUT2D eigenvalue weighted by molar-refractivity contribution is 5.78. The van der Waals surface area contributed by atoms with Crippen molar-refractivity contribution in [3.8, 4) is 5.75 Å². The first-order valence-electron chi connectivity index (χ1n) is 8.80. The normalized spacial score (nSPS) is 17.4. The molecule has 1 aliphatic heterocycles. The number of likely N-dealkylation sites (N-methyl/N-ethyl adjacent to an activating group) is 1. The molecule has 0 bridgehead atoms. The maximum atomic E-state index is 12.5. The molecule has 1 fully saturated rings. The van der Waals surface area contributed by atoms with Crippen LogP contribution in [0.4, 0.5) is 0 Å². The Balaban J connectivity index is 1.50. The number of amides is 1. The number of benzene rings is 2. The molecule has 0 saturated carbocycles. The van der Waals surface area contributed by atoms with Gasteiger partial charge in [-0.25, -0.2) is 0 Å². The summed E-state index contributed by atoms with van der Waals surface area (Å²) < 4.78 is 5.17. The third-order valence-corrected chi connectivity index (χ3v) is 4.91. The van der Waals surface area contributed by atoms with E-state index in [0.29, 0.717) is 19.0 Å². The van der Waals surface area contributed by atoms with Crippen LogP contribution in [-0.4, -0.2) is 49.5 Å². The van der Waals surface area contributed by atoms with Crippen molar-refractivity contribution in [2.75, 3.05) is 33.8 Å². The smallest absolute Gasteiger partial charge is 0.236 e. The Labute approximate surface area is 150 Å². The number of hydrogen-bond acceptors (Lipinski definition) is 3. The third kappa shape index (κ3) is 4.60. The van der Waals surface area contributed by atoms with Gasteiger partial charge < -0.3 is 9.64 Å². The molecule has 1 aliphatic rings. The highest BCUT2D eigenvalue weighted by Gasteiger charge is 2.25. The van der Waals surface area contributed by atoms with Crippen molar-refractivity contribution in [3.05, 3.63) is 65.7 Å². The number of carbonyl (C=O) groups is 1. The van der Waals surface area contributed by atoms with Crippen LogP contribution < -0.4 is 4.74 Å². The number of methoxy groups -OCH3 is 1. The predicted molar refractivity (Wildman–Crippen MR) is 99.7 cm³/mol. The zero-order valence-electron chi connectivity index (χ0n) is 15.0. The van der Waals surface area contributed by atoms with Crippen molar-refractivity contribution < 1.29 is 9.53 Å². The number of rotatable bonds is 6. The van der Waals surface area contributed by atoms with Gasteiger partial charge in [-0.1, -0.05) is 42.5 Å². The lowest BCUT2D eigenvalue weighted by atomic mass is 9.99. The van der Waals surface area contributed by atoms with Gasteiger partial charge in [0.1, 0.15) is 5.75 Å². The van der Waals surface area contributed by atoms with E-state index in [4.69, 9.17) is 4.74 Å². The van der Waals surface area contributed by atoms with Crippen LogP contribution in [0.25, 0.3) is 0 Å². The summed E-state index contributed by atoms with van der Waals surface area (Å²) in [5, 5.41) is 0. The first-order chi connectivity index (χ1) is 12.2. The average molecular weight is 338 g/mol. The molecule has 0 radical (unpaired) electrons. The van der Waals surface area contributed by atoms with E-state index in [1.807, 2.05) is 37.4 Å². The van der Waals surface area contributed by atoms with Gasteiger partial charge in [-0.2, -0.15) is 0 Å². The molecule has 2 aromatic rings. The minimum absolute atomic E-state index is 0.171. The number of nitrogens with zero attached hydrogens (tertiary/aromatic N) is 2. The first kappa shape index (κ1) is 17.5. The standard InChI is InChI=1S/C21H26N2O2/c1-22(14-17-8-10-20(25-2)11-9-17)21(24)16-23-13-12-19(15-23)18-6-4-3-5-7-18/h3-11,19H,12-16H2,1-2H3. The van der Waals surface area contributed by atoms with Crippen molar-refractivity contribution in [3.63, 3.8) is 0 Å². The predicted octanol–water partition coefficient (Wildman–Crippen LogP) is 3.14. The number of ether oxygens (including phenoxy) is 1. The van der Waals surface area contributed by atoms with Crippen LogP contribution >= 0.6 is 0 Å². The topological polar surface area (TPSA) is 32.8 Å². The monoisotopic (exact) mass is 338 g/mol. The molecule has 1 amide bonds. The number of hydrogen-bond donors (Lipinski definition) is 0. The molecule has 0 N–H and O–H groups in total. The van der Waals surface area contributed by atoms with Crippen LogP contribution in [0.5, 0.6) is 5.75 Å². The fraction of sp³-hybridized carbons (Fsp3) is 0.381. The summed E-state index contributed by atoms with van der Waals surface area (Å²) in [4.78, 5) is 16.6. The second-order valence-electron chi connectivity index (χ2n) is 6.73. The van der Waals surface area contributed by atoms with Gasteiger partial charge in [0.25, 0.3) is 0 Å². The van der Waals surface area contributed by atoms with Gasteiger partial charge in [0.2, 0.25) is 5.91 Å². The molecular weight excluding hydrogens is 312 g/mol. The van der Waals surface area contributed by atoms with E-state index in [1.54, 1.807) is 12.0 Å². The van der Waals surface area contributed by atoms with E-state index in [-0.39, 0.29) is 5.91 Å². The van der Waals surface area contributed by atoms with E-state index in [9.17, 15) is 4.79 Å². The Hall–Kier alpha value is -2.33. The Morgan fingerprint density at radius 3 is 2.56 bits per heavy atom. The molecule has 4 heteroatoms. The van der Waals surface area contributed by atoms with Crippen LogP contribution in [0.15, 0.2) is 54.6 Å². The lowest BCUT2D eigenvalue weighted by molar-refractivity contribution is -0.131. The Kier molecular flexibility index (Phi) is 5.71. The summed E-state index contributed by atoms with van der Waals surface area (Å²) in [5.74, 6) is 1.55. The van der Waals surface area contributed by atoms with Gasteiger partial charge in [0.05, 0.1) is 13.7 Å². The van der Waals surface area contributed by atoms with Crippen molar-refractivity contribution in [2.24, 2.45) is 0 Å². The van der Waals surface area contributed by atoms with Crippen LogP contribution in [-0.2, 0) is 11.3 Å². The molecule has 2 aromatic carbocycles. The largest absolute Gasteiger partial charge is 0.497 e. The summed E-state index contributed by atoms with van der Waals surface area (Å²) in [6.45, 7) is 3.07. The Bertz CT molecular complexity index is 685. The molecule has 132 valence electrons. The Morgan fingerprint density at radius 2 is 1.88 bits per heavy atom. The molecule has 1 unspecified atom stereocenters. The molecule has 3 rings (SSSR count). The van der Waals surface area contributed by atoms with Gasteiger partial charge in [-0.05, 0) is 42.1 Å². The van der Waals surface area contributed by atoms with Crippen molar-refractivity contribution in [1.29, 1.82) is 0 Å². The maximum Gasteiger partial charge on any atom is 0.236 e. The van der Waals surface area contributed by atoms with E-state index in [2.05, 4.69) is 29.2 Å². The lowest BCUT2D eigenvalue weighted by Gasteiger charge is -2.22. The average Bonchev–Trinajstić information content (AvgIpc) is 3.11. The van der Waals surface area contributed by atoms with E-state index >= 15 is 0 Å².